The summed E-state index contributed by atoms with van der Waals surface area (Å²) in [4.78, 5) is 20.6. The molecule has 1 amide bonds. The minimum Gasteiger partial charge on any atom is -0.349 e. The summed E-state index contributed by atoms with van der Waals surface area (Å²) in [6.07, 6.45) is 5.27. The van der Waals surface area contributed by atoms with E-state index < -0.39 is 0 Å². The van der Waals surface area contributed by atoms with Crippen molar-refractivity contribution < 1.29 is 4.79 Å². The number of aromatic nitrogens is 1. The number of carbonyl (C=O) groups is 1. The second-order valence-electron chi connectivity index (χ2n) is 5.87. The third kappa shape index (κ3) is 2.71. The summed E-state index contributed by atoms with van der Waals surface area (Å²) in [5.41, 5.74) is 2.85. The third-order valence-electron chi connectivity index (χ3n) is 4.34. The molecule has 0 N–H and O–H groups in total. The number of likely N-dealkylation sites (N-methyl/N-ethyl adjacent to an activating group) is 1. The van der Waals surface area contributed by atoms with E-state index in [1.54, 1.807) is 0 Å². The van der Waals surface area contributed by atoms with E-state index >= 15 is 0 Å². The number of nitriles is 1. The number of nitrogens with zero attached hydrogens (tertiary/aromatic N) is 4. The molecule has 0 saturated carbocycles. The average Bonchev–Trinajstić information content (AvgIpc) is 3.16. The first-order valence-electron chi connectivity index (χ1n) is 7.61. The number of pyridine rings is 1. The van der Waals surface area contributed by atoms with E-state index in [4.69, 9.17) is 0 Å². The van der Waals surface area contributed by atoms with Gasteiger partial charge in [0.2, 0.25) is 5.91 Å². The van der Waals surface area contributed by atoms with Crippen molar-refractivity contribution in [3.8, 4) is 6.07 Å². The largest absolute Gasteiger partial charge is 0.349 e. The zero-order valence-electron chi connectivity index (χ0n) is 12.4. The molecule has 1 aromatic heterocycles. The van der Waals surface area contributed by atoms with E-state index in [0.29, 0.717) is 17.9 Å². The molecule has 0 spiro atoms. The Balaban J connectivity index is 1.79. The topological polar surface area (TPSA) is 60.2 Å². The molecule has 3 rings (SSSR count). The van der Waals surface area contributed by atoms with Gasteiger partial charge in [-0.05, 0) is 43.7 Å². The molecule has 110 valence electrons. The molecule has 5 nitrogen and oxygen atoms in total. The molecular formula is C16H20N4O. The van der Waals surface area contributed by atoms with Crippen LogP contribution in [-0.2, 0) is 17.6 Å². The van der Waals surface area contributed by atoms with Crippen LogP contribution >= 0.6 is 0 Å². The zero-order chi connectivity index (χ0) is 14.8. The number of likely N-dealkylation sites (tertiary alicyclic amines) is 1. The molecular weight excluding hydrogens is 264 g/mol. The van der Waals surface area contributed by atoms with Crippen LogP contribution in [0, 0.1) is 11.3 Å². The van der Waals surface area contributed by atoms with E-state index in [-0.39, 0.29) is 5.91 Å². The number of amides is 1. The number of anilines is 1. The van der Waals surface area contributed by atoms with Gasteiger partial charge >= 0.3 is 0 Å². The Morgan fingerprint density at radius 1 is 1.38 bits per heavy atom. The molecule has 21 heavy (non-hydrogen) atoms. The lowest BCUT2D eigenvalue weighted by Gasteiger charge is -2.23. The van der Waals surface area contributed by atoms with Gasteiger partial charge in [-0.1, -0.05) is 0 Å². The molecule has 0 bridgehead atoms. The molecule has 0 radical (unpaired) electrons. The standard InChI is InChI=1S/C16H20N4O/c1-19(11-15(21)20-7-2-3-8-20)16-13(10-17)9-12-5-4-6-14(12)18-16/h9H,2-8,11H2,1H3. The fraction of sp³-hybridized carbons (Fsp3) is 0.562. The Hall–Kier alpha value is -2.09. The van der Waals surface area contributed by atoms with E-state index in [2.05, 4.69) is 11.1 Å². The first kappa shape index (κ1) is 13.9. The zero-order valence-corrected chi connectivity index (χ0v) is 12.4. The maximum atomic E-state index is 12.2. The highest BCUT2D eigenvalue weighted by Crippen LogP contribution is 2.26. The normalized spacial score (nSPS) is 16.7. The van der Waals surface area contributed by atoms with Gasteiger partial charge in [-0.15, -0.1) is 0 Å². The molecule has 5 heteroatoms. The third-order valence-corrected chi connectivity index (χ3v) is 4.34. The average molecular weight is 284 g/mol. The molecule has 0 unspecified atom stereocenters. The minimum absolute atomic E-state index is 0.126. The first-order chi connectivity index (χ1) is 10.2. The fourth-order valence-electron chi connectivity index (χ4n) is 3.18. The summed E-state index contributed by atoms with van der Waals surface area (Å²) in [5.74, 6) is 0.770. The van der Waals surface area contributed by atoms with Crippen molar-refractivity contribution in [3.63, 3.8) is 0 Å². The lowest BCUT2D eigenvalue weighted by molar-refractivity contribution is -0.128. The summed E-state index contributed by atoms with van der Waals surface area (Å²) in [6, 6.07) is 4.17. The van der Waals surface area contributed by atoms with Crippen LogP contribution < -0.4 is 4.90 Å². The Bertz CT molecular complexity index is 599. The quantitative estimate of drug-likeness (QED) is 0.844. The SMILES string of the molecule is CN(CC(=O)N1CCCC1)c1nc2c(cc1C#N)CCC2. The van der Waals surface area contributed by atoms with Crippen LogP contribution in [0.2, 0.25) is 0 Å². The van der Waals surface area contributed by atoms with Crippen molar-refractivity contribution in [3.05, 3.63) is 22.9 Å². The molecule has 1 aliphatic heterocycles. The van der Waals surface area contributed by atoms with Gasteiger partial charge in [0.15, 0.2) is 0 Å². The number of rotatable bonds is 3. The first-order valence-corrected chi connectivity index (χ1v) is 7.61. The number of hydrogen-bond acceptors (Lipinski definition) is 4. The second-order valence-corrected chi connectivity index (χ2v) is 5.87. The smallest absolute Gasteiger partial charge is 0.242 e. The minimum atomic E-state index is 0.126. The van der Waals surface area contributed by atoms with E-state index in [0.717, 1.165) is 50.9 Å². The Morgan fingerprint density at radius 3 is 2.86 bits per heavy atom. The van der Waals surface area contributed by atoms with Gasteiger partial charge in [-0.25, -0.2) is 4.98 Å². The van der Waals surface area contributed by atoms with Crippen LogP contribution in [0.1, 0.15) is 36.1 Å². The highest BCUT2D eigenvalue weighted by Gasteiger charge is 2.22. The summed E-state index contributed by atoms with van der Waals surface area (Å²) >= 11 is 0. The number of aryl methyl sites for hydroxylation is 2. The van der Waals surface area contributed by atoms with Crippen molar-refractivity contribution >= 4 is 11.7 Å². The lowest BCUT2D eigenvalue weighted by atomic mass is 10.1. The van der Waals surface area contributed by atoms with Gasteiger partial charge in [0.25, 0.3) is 0 Å². The van der Waals surface area contributed by atoms with Gasteiger partial charge in [0.1, 0.15) is 11.9 Å². The molecule has 2 heterocycles. The van der Waals surface area contributed by atoms with Gasteiger partial charge in [0, 0.05) is 25.8 Å². The predicted octanol–water partition coefficient (Wildman–Crippen LogP) is 1.50. The van der Waals surface area contributed by atoms with Crippen molar-refractivity contribution in [2.24, 2.45) is 0 Å². The van der Waals surface area contributed by atoms with E-state index in [1.807, 2.05) is 22.9 Å². The summed E-state index contributed by atoms with van der Waals surface area (Å²) in [7, 11) is 1.85. The molecule has 1 saturated heterocycles. The summed E-state index contributed by atoms with van der Waals surface area (Å²) < 4.78 is 0. The molecule has 0 aromatic carbocycles. The molecule has 1 aromatic rings. The van der Waals surface area contributed by atoms with Crippen molar-refractivity contribution in [1.29, 1.82) is 5.26 Å². The van der Waals surface area contributed by atoms with Gasteiger partial charge in [-0.2, -0.15) is 5.26 Å². The number of hydrogen-bond donors (Lipinski definition) is 0. The Labute approximate surface area is 125 Å². The fourth-order valence-corrected chi connectivity index (χ4v) is 3.18. The summed E-state index contributed by atoms with van der Waals surface area (Å²) in [6.45, 7) is 2.01. The van der Waals surface area contributed by atoms with Gasteiger partial charge in [-0.3, -0.25) is 4.79 Å². The van der Waals surface area contributed by atoms with Crippen LogP contribution in [0.5, 0.6) is 0 Å². The van der Waals surface area contributed by atoms with E-state index in [9.17, 15) is 10.1 Å². The van der Waals surface area contributed by atoms with Crippen molar-refractivity contribution in [1.82, 2.24) is 9.88 Å². The molecule has 1 aliphatic carbocycles. The Kier molecular flexibility index (Phi) is 3.78. The van der Waals surface area contributed by atoms with Crippen molar-refractivity contribution in [2.75, 3.05) is 31.6 Å². The number of carbonyl (C=O) groups excluding carboxylic acids is 1. The van der Waals surface area contributed by atoms with Crippen LogP contribution in [0.3, 0.4) is 0 Å². The van der Waals surface area contributed by atoms with Crippen LogP contribution in [0.4, 0.5) is 5.82 Å². The monoisotopic (exact) mass is 284 g/mol. The number of fused-ring (bicyclic) bond motifs is 1. The maximum Gasteiger partial charge on any atom is 0.242 e. The second kappa shape index (κ2) is 5.72. The van der Waals surface area contributed by atoms with E-state index in [1.165, 1.54) is 5.56 Å². The molecule has 1 fully saturated rings. The van der Waals surface area contributed by atoms with Crippen LogP contribution in [0.25, 0.3) is 0 Å². The van der Waals surface area contributed by atoms with Crippen LogP contribution in [-0.4, -0.2) is 42.5 Å². The maximum absolute atomic E-state index is 12.2. The van der Waals surface area contributed by atoms with Gasteiger partial charge < -0.3 is 9.80 Å². The highest BCUT2D eigenvalue weighted by molar-refractivity contribution is 5.81. The van der Waals surface area contributed by atoms with Crippen molar-refractivity contribution in [2.45, 2.75) is 32.1 Å². The molecule has 2 aliphatic rings. The lowest BCUT2D eigenvalue weighted by Crippen LogP contribution is -2.37. The Morgan fingerprint density at radius 2 is 2.14 bits per heavy atom. The van der Waals surface area contributed by atoms with Crippen LogP contribution in [0.15, 0.2) is 6.07 Å². The highest BCUT2D eigenvalue weighted by atomic mass is 16.2. The summed E-state index contributed by atoms with van der Waals surface area (Å²) in [5, 5.41) is 9.33. The predicted molar refractivity (Wildman–Crippen MR) is 80.1 cm³/mol. The van der Waals surface area contributed by atoms with Gasteiger partial charge in [0.05, 0.1) is 12.1 Å². The molecule has 0 atom stereocenters.